The summed E-state index contributed by atoms with van der Waals surface area (Å²) in [5.74, 6) is -0.931. The van der Waals surface area contributed by atoms with Crippen molar-refractivity contribution in [2.45, 2.75) is 6.54 Å². The topological polar surface area (TPSA) is 73.1 Å². The SMILES string of the molecule is N#Cc1ccc(NCc2ccc(C(=O)O)cc2)c(Br)c1. The molecular weight excluding hydrogens is 320 g/mol. The van der Waals surface area contributed by atoms with Crippen LogP contribution in [0.15, 0.2) is 46.9 Å². The third-order valence-corrected chi connectivity index (χ3v) is 3.44. The molecule has 2 aromatic carbocycles. The number of carboxylic acids is 1. The third kappa shape index (κ3) is 3.37. The number of carboxylic acid groups (broad SMARTS) is 1. The van der Waals surface area contributed by atoms with Gasteiger partial charge in [0.25, 0.3) is 0 Å². The molecule has 0 heterocycles. The molecule has 0 radical (unpaired) electrons. The number of aromatic carboxylic acids is 1. The molecule has 0 aliphatic carbocycles. The highest BCUT2D eigenvalue weighted by Gasteiger charge is 2.03. The van der Waals surface area contributed by atoms with E-state index in [4.69, 9.17) is 10.4 Å². The van der Waals surface area contributed by atoms with Crippen molar-refractivity contribution in [1.29, 1.82) is 5.26 Å². The summed E-state index contributed by atoms with van der Waals surface area (Å²) in [4.78, 5) is 10.7. The Morgan fingerprint density at radius 1 is 1.25 bits per heavy atom. The van der Waals surface area contributed by atoms with Gasteiger partial charge in [0.1, 0.15) is 0 Å². The van der Waals surface area contributed by atoms with Crippen LogP contribution in [0.25, 0.3) is 0 Å². The summed E-state index contributed by atoms with van der Waals surface area (Å²) in [5.41, 5.74) is 2.72. The molecule has 0 aromatic heterocycles. The molecular formula is C15H11BrN2O2. The molecule has 100 valence electrons. The molecule has 20 heavy (non-hydrogen) atoms. The molecule has 0 spiro atoms. The van der Waals surface area contributed by atoms with Crippen LogP contribution < -0.4 is 5.32 Å². The van der Waals surface area contributed by atoms with E-state index in [0.29, 0.717) is 12.1 Å². The minimum absolute atomic E-state index is 0.272. The first kappa shape index (κ1) is 14.1. The molecule has 0 atom stereocenters. The van der Waals surface area contributed by atoms with Crippen molar-refractivity contribution in [3.8, 4) is 6.07 Å². The molecule has 5 heteroatoms. The number of nitrogens with one attached hydrogen (secondary N) is 1. The van der Waals surface area contributed by atoms with Gasteiger partial charge in [-0.05, 0) is 51.8 Å². The molecule has 2 rings (SSSR count). The lowest BCUT2D eigenvalue weighted by molar-refractivity contribution is 0.0697. The maximum atomic E-state index is 10.7. The number of carbonyl (C=O) groups is 1. The summed E-state index contributed by atoms with van der Waals surface area (Å²) in [7, 11) is 0. The summed E-state index contributed by atoms with van der Waals surface area (Å²) < 4.78 is 0.818. The van der Waals surface area contributed by atoms with E-state index in [1.54, 1.807) is 36.4 Å². The number of benzene rings is 2. The van der Waals surface area contributed by atoms with E-state index in [-0.39, 0.29) is 5.56 Å². The third-order valence-electron chi connectivity index (χ3n) is 2.78. The summed E-state index contributed by atoms with van der Waals surface area (Å²) in [5, 5.41) is 20.8. The number of halogens is 1. The van der Waals surface area contributed by atoms with Crippen LogP contribution in [0.2, 0.25) is 0 Å². The van der Waals surface area contributed by atoms with Crippen LogP contribution in [0, 0.1) is 11.3 Å². The first-order valence-corrected chi connectivity index (χ1v) is 6.65. The van der Waals surface area contributed by atoms with Crippen LogP contribution in [0.1, 0.15) is 21.5 Å². The molecule has 0 aliphatic rings. The van der Waals surface area contributed by atoms with Crippen LogP contribution in [-0.2, 0) is 6.54 Å². The van der Waals surface area contributed by atoms with Crippen molar-refractivity contribution in [1.82, 2.24) is 0 Å². The molecule has 2 N–H and O–H groups in total. The summed E-state index contributed by atoms with van der Waals surface area (Å²) >= 11 is 3.40. The lowest BCUT2D eigenvalue weighted by atomic mass is 10.1. The molecule has 0 fully saturated rings. The second kappa shape index (κ2) is 6.22. The highest BCUT2D eigenvalue weighted by atomic mass is 79.9. The van der Waals surface area contributed by atoms with Crippen LogP contribution in [-0.4, -0.2) is 11.1 Å². The maximum absolute atomic E-state index is 10.7. The second-order valence-corrected chi connectivity index (χ2v) is 5.02. The van der Waals surface area contributed by atoms with E-state index in [9.17, 15) is 4.79 Å². The number of nitrogens with zero attached hydrogens (tertiary/aromatic N) is 1. The molecule has 4 nitrogen and oxygen atoms in total. The Morgan fingerprint density at radius 2 is 1.95 bits per heavy atom. The first-order valence-electron chi connectivity index (χ1n) is 5.86. The predicted octanol–water partition coefficient (Wildman–Crippen LogP) is 3.63. The van der Waals surface area contributed by atoms with E-state index >= 15 is 0 Å². The summed E-state index contributed by atoms with van der Waals surface area (Å²) in [6.07, 6.45) is 0. The quantitative estimate of drug-likeness (QED) is 0.897. The number of hydrogen-bond acceptors (Lipinski definition) is 3. The largest absolute Gasteiger partial charge is 0.478 e. The van der Waals surface area contributed by atoms with Gasteiger partial charge in [-0.2, -0.15) is 5.26 Å². The van der Waals surface area contributed by atoms with E-state index in [1.807, 2.05) is 6.07 Å². The molecule has 0 saturated carbocycles. The minimum Gasteiger partial charge on any atom is -0.478 e. The molecule has 0 bridgehead atoms. The predicted molar refractivity (Wildman–Crippen MR) is 79.6 cm³/mol. The average molecular weight is 331 g/mol. The molecule has 0 saturated heterocycles. The van der Waals surface area contributed by atoms with Gasteiger partial charge < -0.3 is 10.4 Å². The Kier molecular flexibility index (Phi) is 4.38. The van der Waals surface area contributed by atoms with Gasteiger partial charge in [-0.3, -0.25) is 0 Å². The van der Waals surface area contributed by atoms with E-state index in [1.165, 1.54) is 0 Å². The van der Waals surface area contributed by atoms with Gasteiger partial charge in [0.2, 0.25) is 0 Å². The van der Waals surface area contributed by atoms with Gasteiger partial charge in [-0.1, -0.05) is 12.1 Å². The van der Waals surface area contributed by atoms with Crippen molar-refractivity contribution < 1.29 is 9.90 Å². The minimum atomic E-state index is -0.931. The lowest BCUT2D eigenvalue weighted by Gasteiger charge is -2.09. The van der Waals surface area contributed by atoms with Crippen molar-refractivity contribution in [2.24, 2.45) is 0 Å². The Bertz CT molecular complexity index is 675. The zero-order chi connectivity index (χ0) is 14.5. The van der Waals surface area contributed by atoms with Crippen molar-refractivity contribution in [3.63, 3.8) is 0 Å². The second-order valence-electron chi connectivity index (χ2n) is 4.16. The maximum Gasteiger partial charge on any atom is 0.335 e. The fourth-order valence-electron chi connectivity index (χ4n) is 1.69. The van der Waals surface area contributed by atoms with Crippen molar-refractivity contribution in [3.05, 3.63) is 63.6 Å². The van der Waals surface area contributed by atoms with E-state index in [2.05, 4.69) is 27.3 Å². The molecule has 0 unspecified atom stereocenters. The highest BCUT2D eigenvalue weighted by molar-refractivity contribution is 9.10. The smallest absolute Gasteiger partial charge is 0.335 e. The number of anilines is 1. The number of hydrogen-bond donors (Lipinski definition) is 2. The van der Waals surface area contributed by atoms with Gasteiger partial charge in [0, 0.05) is 16.7 Å². The van der Waals surface area contributed by atoms with E-state index < -0.39 is 5.97 Å². The zero-order valence-corrected chi connectivity index (χ0v) is 12.0. The number of nitriles is 1. The number of rotatable bonds is 4. The summed E-state index contributed by atoms with van der Waals surface area (Å²) in [6, 6.07) is 14.1. The fourth-order valence-corrected chi connectivity index (χ4v) is 2.21. The van der Waals surface area contributed by atoms with Crippen molar-refractivity contribution in [2.75, 3.05) is 5.32 Å². The Hall–Kier alpha value is -2.32. The Balaban J connectivity index is 2.05. The first-order chi connectivity index (χ1) is 9.60. The van der Waals surface area contributed by atoms with Gasteiger partial charge in [-0.15, -0.1) is 0 Å². The van der Waals surface area contributed by atoms with Crippen LogP contribution in [0.4, 0.5) is 5.69 Å². The van der Waals surface area contributed by atoms with E-state index in [0.717, 1.165) is 15.7 Å². The molecule has 2 aromatic rings. The zero-order valence-electron chi connectivity index (χ0n) is 10.4. The molecule has 0 aliphatic heterocycles. The van der Waals surface area contributed by atoms with Crippen LogP contribution in [0.5, 0.6) is 0 Å². The van der Waals surface area contributed by atoms with Crippen molar-refractivity contribution >= 4 is 27.6 Å². The fraction of sp³-hybridized carbons (Fsp3) is 0.0667. The van der Waals surface area contributed by atoms with Gasteiger partial charge in [0.15, 0.2) is 0 Å². The Labute approximate surface area is 124 Å². The van der Waals surface area contributed by atoms with Gasteiger partial charge in [0.05, 0.1) is 17.2 Å². The normalized spacial score (nSPS) is 9.80. The highest BCUT2D eigenvalue weighted by Crippen LogP contribution is 2.24. The Morgan fingerprint density at radius 3 is 2.50 bits per heavy atom. The monoisotopic (exact) mass is 330 g/mol. The van der Waals surface area contributed by atoms with Gasteiger partial charge in [-0.25, -0.2) is 4.79 Å². The van der Waals surface area contributed by atoms with Gasteiger partial charge >= 0.3 is 5.97 Å². The standard InChI is InChI=1S/C15H11BrN2O2/c16-13-7-11(8-17)3-6-14(13)18-9-10-1-4-12(5-2-10)15(19)20/h1-7,18H,9H2,(H,19,20). The van der Waals surface area contributed by atoms with Crippen LogP contribution >= 0.6 is 15.9 Å². The molecule has 0 amide bonds. The summed E-state index contributed by atoms with van der Waals surface area (Å²) in [6.45, 7) is 0.574. The average Bonchev–Trinajstić information content (AvgIpc) is 2.46. The van der Waals surface area contributed by atoms with Crippen LogP contribution in [0.3, 0.4) is 0 Å². The lowest BCUT2D eigenvalue weighted by Crippen LogP contribution is -2.01.